The summed E-state index contributed by atoms with van der Waals surface area (Å²) in [7, 11) is 0. The number of carbonyl (C=O) groups excluding carboxylic acids is 1. The minimum absolute atomic E-state index is 0.0966. The predicted octanol–water partition coefficient (Wildman–Crippen LogP) is 2.36. The van der Waals surface area contributed by atoms with Gasteiger partial charge in [-0.25, -0.2) is 0 Å². The number of carbonyl (C=O) groups is 1. The number of amides is 1. The zero-order valence-electron chi connectivity index (χ0n) is 11.1. The van der Waals surface area contributed by atoms with Crippen molar-refractivity contribution in [3.8, 4) is 0 Å². The van der Waals surface area contributed by atoms with Crippen molar-refractivity contribution in [1.82, 2.24) is 10.5 Å². The Labute approximate surface area is 111 Å². The molecule has 1 aliphatic carbocycles. The second-order valence-corrected chi connectivity index (χ2v) is 5.01. The number of rotatable bonds is 3. The molecule has 98 valence electrons. The Bertz CT molecular complexity index is 611. The van der Waals surface area contributed by atoms with Crippen LogP contribution in [0.1, 0.15) is 38.9 Å². The molecule has 1 aliphatic rings. The number of aromatic nitrogens is 1. The molecule has 0 fully saturated rings. The van der Waals surface area contributed by atoms with Crippen LogP contribution in [0.2, 0.25) is 0 Å². The molecule has 4 nitrogen and oxygen atoms in total. The number of aryl methyl sites for hydroxylation is 2. The van der Waals surface area contributed by atoms with Gasteiger partial charge >= 0.3 is 0 Å². The fourth-order valence-electron chi connectivity index (χ4n) is 2.66. The lowest BCUT2D eigenvalue weighted by Gasteiger charge is -2.30. The van der Waals surface area contributed by atoms with E-state index in [2.05, 4.69) is 28.7 Å². The maximum absolute atomic E-state index is 12.1. The normalized spacial score (nSPS) is 16.6. The number of fused-ring (bicyclic) bond motifs is 1. The zero-order chi connectivity index (χ0) is 13.4. The molecule has 3 rings (SSSR count). The van der Waals surface area contributed by atoms with E-state index in [1.165, 1.54) is 11.1 Å². The number of benzene rings is 1. The van der Waals surface area contributed by atoms with E-state index < -0.39 is 0 Å². The van der Waals surface area contributed by atoms with E-state index in [9.17, 15) is 4.79 Å². The maximum atomic E-state index is 12.1. The van der Waals surface area contributed by atoms with E-state index in [0.717, 1.165) is 6.42 Å². The van der Waals surface area contributed by atoms with Crippen molar-refractivity contribution in [1.29, 1.82) is 0 Å². The molecule has 1 N–H and O–H groups in total. The molecule has 0 bridgehead atoms. The predicted molar refractivity (Wildman–Crippen MR) is 71.2 cm³/mol. The fourth-order valence-corrected chi connectivity index (χ4v) is 2.66. The van der Waals surface area contributed by atoms with Gasteiger partial charge in [-0.15, -0.1) is 0 Å². The maximum Gasteiger partial charge on any atom is 0.256 e. The van der Waals surface area contributed by atoms with Gasteiger partial charge in [-0.05, 0) is 31.4 Å². The summed E-state index contributed by atoms with van der Waals surface area (Å²) < 4.78 is 5.01. The molecule has 1 aromatic carbocycles. The smallest absolute Gasteiger partial charge is 0.256 e. The van der Waals surface area contributed by atoms with Crippen LogP contribution in [-0.4, -0.2) is 17.6 Å². The molecule has 0 radical (unpaired) electrons. The third-order valence-electron chi connectivity index (χ3n) is 3.73. The number of nitrogens with zero attached hydrogens (tertiary/aromatic N) is 1. The van der Waals surface area contributed by atoms with Crippen LogP contribution in [0, 0.1) is 13.8 Å². The molecular weight excluding hydrogens is 240 g/mol. The second kappa shape index (κ2) is 4.53. The van der Waals surface area contributed by atoms with Crippen LogP contribution in [-0.2, 0) is 6.42 Å². The van der Waals surface area contributed by atoms with Crippen molar-refractivity contribution in [3.05, 3.63) is 52.4 Å². The first-order valence-electron chi connectivity index (χ1n) is 6.45. The van der Waals surface area contributed by atoms with Crippen LogP contribution in [0.3, 0.4) is 0 Å². The highest BCUT2D eigenvalue weighted by Gasteiger charge is 2.26. The summed E-state index contributed by atoms with van der Waals surface area (Å²) in [5, 5.41) is 6.77. The summed E-state index contributed by atoms with van der Waals surface area (Å²) in [6.45, 7) is 4.21. The molecule has 0 unspecified atom stereocenters. The van der Waals surface area contributed by atoms with Gasteiger partial charge in [0.2, 0.25) is 0 Å². The quantitative estimate of drug-likeness (QED) is 0.917. The molecule has 2 aromatic rings. The standard InChI is InChI=1S/C15H16N2O2/c1-9-14(10(2)19-17-9)15(18)16-8-12-7-11-5-3-4-6-13(11)12/h3-6,12H,7-8H2,1-2H3,(H,16,18)/t12-/m1/s1. The minimum atomic E-state index is -0.0966. The van der Waals surface area contributed by atoms with E-state index >= 15 is 0 Å². The Morgan fingerprint density at radius 3 is 2.89 bits per heavy atom. The van der Waals surface area contributed by atoms with Gasteiger partial charge in [0.1, 0.15) is 11.3 Å². The lowest BCUT2D eigenvalue weighted by molar-refractivity contribution is 0.0948. The van der Waals surface area contributed by atoms with Crippen molar-refractivity contribution in [3.63, 3.8) is 0 Å². The van der Waals surface area contributed by atoms with E-state index in [4.69, 9.17) is 4.52 Å². The third-order valence-corrected chi connectivity index (χ3v) is 3.73. The first-order valence-corrected chi connectivity index (χ1v) is 6.45. The van der Waals surface area contributed by atoms with Gasteiger partial charge in [0.05, 0.1) is 5.69 Å². The van der Waals surface area contributed by atoms with Gasteiger partial charge < -0.3 is 9.84 Å². The van der Waals surface area contributed by atoms with E-state index in [1.807, 2.05) is 6.07 Å². The first-order chi connectivity index (χ1) is 9.16. The van der Waals surface area contributed by atoms with Crippen LogP contribution >= 0.6 is 0 Å². The Hall–Kier alpha value is -2.10. The highest BCUT2D eigenvalue weighted by Crippen LogP contribution is 2.34. The summed E-state index contributed by atoms with van der Waals surface area (Å²) in [5.41, 5.74) is 3.94. The summed E-state index contributed by atoms with van der Waals surface area (Å²) >= 11 is 0. The average molecular weight is 256 g/mol. The Morgan fingerprint density at radius 2 is 2.21 bits per heavy atom. The van der Waals surface area contributed by atoms with Crippen LogP contribution in [0.5, 0.6) is 0 Å². The first kappa shape index (κ1) is 12.0. The summed E-state index contributed by atoms with van der Waals surface area (Å²) in [6.07, 6.45) is 1.04. The average Bonchev–Trinajstić information content (AvgIpc) is 2.70. The van der Waals surface area contributed by atoms with Crippen molar-refractivity contribution in [2.75, 3.05) is 6.54 Å². The Morgan fingerprint density at radius 1 is 1.42 bits per heavy atom. The highest BCUT2D eigenvalue weighted by molar-refractivity contribution is 5.96. The Kier molecular flexibility index (Phi) is 2.85. The van der Waals surface area contributed by atoms with Crippen molar-refractivity contribution < 1.29 is 9.32 Å². The monoisotopic (exact) mass is 256 g/mol. The molecule has 4 heteroatoms. The lowest BCUT2D eigenvalue weighted by Crippen LogP contribution is -2.33. The van der Waals surface area contributed by atoms with Gasteiger partial charge in [-0.2, -0.15) is 0 Å². The van der Waals surface area contributed by atoms with Gasteiger partial charge in [0.25, 0.3) is 5.91 Å². The van der Waals surface area contributed by atoms with Gasteiger partial charge in [0, 0.05) is 12.5 Å². The number of hydrogen-bond acceptors (Lipinski definition) is 3. The van der Waals surface area contributed by atoms with E-state index in [0.29, 0.717) is 29.5 Å². The number of hydrogen-bond donors (Lipinski definition) is 1. The van der Waals surface area contributed by atoms with Crippen LogP contribution < -0.4 is 5.32 Å². The highest BCUT2D eigenvalue weighted by atomic mass is 16.5. The summed E-state index contributed by atoms with van der Waals surface area (Å²) in [6, 6.07) is 8.37. The topological polar surface area (TPSA) is 55.1 Å². The molecule has 1 aromatic heterocycles. The second-order valence-electron chi connectivity index (χ2n) is 5.01. The molecular formula is C15H16N2O2. The fraction of sp³-hybridized carbons (Fsp3) is 0.333. The molecule has 1 amide bonds. The summed E-state index contributed by atoms with van der Waals surface area (Å²) in [4.78, 5) is 12.1. The molecule has 1 heterocycles. The third kappa shape index (κ3) is 2.03. The molecule has 0 saturated heterocycles. The van der Waals surface area contributed by atoms with Crippen LogP contribution in [0.25, 0.3) is 0 Å². The molecule has 0 saturated carbocycles. The molecule has 19 heavy (non-hydrogen) atoms. The van der Waals surface area contributed by atoms with Gasteiger partial charge in [-0.1, -0.05) is 29.4 Å². The lowest BCUT2D eigenvalue weighted by atomic mass is 9.77. The molecule has 0 spiro atoms. The SMILES string of the molecule is Cc1noc(C)c1C(=O)NC[C@H]1Cc2ccccc21. The zero-order valence-corrected chi connectivity index (χ0v) is 11.1. The Balaban J connectivity index is 1.64. The summed E-state index contributed by atoms with van der Waals surface area (Å²) in [5.74, 6) is 0.908. The molecule has 0 aliphatic heterocycles. The van der Waals surface area contributed by atoms with Crippen molar-refractivity contribution in [2.24, 2.45) is 0 Å². The largest absolute Gasteiger partial charge is 0.361 e. The van der Waals surface area contributed by atoms with Gasteiger partial charge in [0.15, 0.2) is 0 Å². The van der Waals surface area contributed by atoms with E-state index in [-0.39, 0.29) is 5.91 Å². The van der Waals surface area contributed by atoms with Crippen molar-refractivity contribution in [2.45, 2.75) is 26.2 Å². The van der Waals surface area contributed by atoms with Crippen molar-refractivity contribution >= 4 is 5.91 Å². The van der Waals surface area contributed by atoms with Gasteiger partial charge in [-0.3, -0.25) is 4.79 Å². The molecule has 1 atom stereocenters. The minimum Gasteiger partial charge on any atom is -0.361 e. The number of nitrogens with one attached hydrogen (secondary N) is 1. The van der Waals surface area contributed by atoms with Crippen LogP contribution in [0.15, 0.2) is 28.8 Å². The van der Waals surface area contributed by atoms with E-state index in [1.54, 1.807) is 13.8 Å². The van der Waals surface area contributed by atoms with Crippen LogP contribution in [0.4, 0.5) is 0 Å².